The van der Waals surface area contributed by atoms with E-state index >= 15 is 8.78 Å². The fourth-order valence-corrected chi connectivity index (χ4v) is 10.3. The first-order valence-corrected chi connectivity index (χ1v) is 15.5. The highest BCUT2D eigenvalue weighted by molar-refractivity contribution is 8.14. The SMILES string of the molecule is C[C@@H]1C[C@H]2[C@@H]3C[C@H](F)C4=CC(=O)C=C[C@]4(C)[C@@]3(F)[C@@H](O)C[C@]2(C)[C@@]1(OC(=O)c1cncs1)C(=O)S[C@H]1CCOC1=O. The van der Waals surface area contributed by atoms with Crippen molar-refractivity contribution in [1.29, 1.82) is 0 Å². The quantitative estimate of drug-likeness (QED) is 0.503. The molecule has 4 aliphatic carbocycles. The van der Waals surface area contributed by atoms with Gasteiger partial charge in [-0.15, -0.1) is 11.3 Å². The van der Waals surface area contributed by atoms with Crippen LogP contribution < -0.4 is 0 Å². The van der Waals surface area contributed by atoms with E-state index in [1.54, 1.807) is 13.8 Å². The third-order valence-corrected chi connectivity index (χ3v) is 12.5. The summed E-state index contributed by atoms with van der Waals surface area (Å²) in [5.41, 5.74) is -5.61. The lowest BCUT2D eigenvalue weighted by Crippen LogP contribution is -2.70. The lowest BCUT2D eigenvalue weighted by molar-refractivity contribution is -0.221. The number of carbonyl (C=O) groups excluding carboxylic acids is 4. The van der Waals surface area contributed by atoms with Crippen LogP contribution in [0.5, 0.6) is 0 Å². The number of thioether (sulfide) groups is 1. The molecule has 0 amide bonds. The van der Waals surface area contributed by atoms with Gasteiger partial charge < -0.3 is 14.6 Å². The van der Waals surface area contributed by atoms with Crippen LogP contribution in [0.25, 0.3) is 0 Å². The minimum atomic E-state index is -2.34. The van der Waals surface area contributed by atoms with E-state index in [1.807, 2.05) is 0 Å². The van der Waals surface area contributed by atoms with Gasteiger partial charge >= 0.3 is 11.9 Å². The molecule has 0 bridgehead atoms. The number of aliphatic hydroxyl groups is 1. The maximum absolute atomic E-state index is 17.6. The molecule has 1 N–H and O–H groups in total. The van der Waals surface area contributed by atoms with E-state index in [0.29, 0.717) is 6.42 Å². The zero-order valence-corrected chi connectivity index (χ0v) is 24.4. The van der Waals surface area contributed by atoms with Crippen LogP contribution in [0.4, 0.5) is 8.78 Å². The van der Waals surface area contributed by atoms with Crippen LogP contribution in [0.3, 0.4) is 0 Å². The third kappa shape index (κ3) is 3.75. The molecule has 5 aliphatic rings. The number of alkyl halides is 2. The highest BCUT2D eigenvalue weighted by Gasteiger charge is 2.78. The molecule has 1 saturated heterocycles. The second kappa shape index (κ2) is 9.54. The van der Waals surface area contributed by atoms with Crippen LogP contribution in [0, 0.1) is 28.6 Å². The van der Waals surface area contributed by atoms with Crippen molar-refractivity contribution in [2.45, 2.75) is 75.2 Å². The monoisotopic (exact) mass is 607 g/mol. The van der Waals surface area contributed by atoms with Crippen LogP contribution in [-0.2, 0) is 23.9 Å². The number of halogens is 2. The van der Waals surface area contributed by atoms with Gasteiger partial charge in [0.25, 0.3) is 0 Å². The first-order valence-electron chi connectivity index (χ1n) is 13.8. The predicted molar refractivity (Wildman–Crippen MR) is 145 cm³/mol. The Labute approximate surface area is 243 Å². The van der Waals surface area contributed by atoms with Gasteiger partial charge in [0.2, 0.25) is 5.12 Å². The average Bonchev–Trinajstić information content (AvgIpc) is 3.64. The van der Waals surface area contributed by atoms with Crippen LogP contribution in [0.1, 0.15) is 56.1 Å². The number of cyclic esters (lactones) is 1. The largest absolute Gasteiger partial charge is 0.465 e. The highest BCUT2D eigenvalue weighted by Crippen LogP contribution is 2.72. The zero-order chi connectivity index (χ0) is 29.5. The maximum atomic E-state index is 17.6. The van der Waals surface area contributed by atoms with Gasteiger partial charge in [-0.25, -0.2) is 13.6 Å². The fourth-order valence-electron chi connectivity index (χ4n) is 8.53. The number of hydrogen-bond acceptors (Lipinski definition) is 10. The molecular weight excluding hydrogens is 576 g/mol. The van der Waals surface area contributed by atoms with Crippen LogP contribution in [0.2, 0.25) is 0 Å². The number of hydrogen-bond donors (Lipinski definition) is 1. The molecule has 2 heterocycles. The van der Waals surface area contributed by atoms with Gasteiger partial charge in [-0.2, -0.15) is 0 Å². The number of allylic oxidation sites excluding steroid dienone is 4. The van der Waals surface area contributed by atoms with Gasteiger partial charge in [0.05, 0.1) is 24.4 Å². The standard InChI is InChI=1S/C29H31F2NO7S2/c1-14-8-16-17-10-19(30)18-9-15(33)4-6-26(18,2)28(17,31)22(34)11-27(16,3)29(14,39-24(36)21-12-32-13-40-21)25(37)41-20-5-7-38-23(20)35/h4,6,9,12-14,16-17,19-20,22,34H,5,7-8,10-11H2,1-3H3/t14-,16+,17+,19+,20+,22+,26+,27+,28+,29+/m1/s1. The van der Waals surface area contributed by atoms with E-state index in [2.05, 4.69) is 4.98 Å². The molecule has 1 aromatic rings. The van der Waals surface area contributed by atoms with Crippen LogP contribution in [0.15, 0.2) is 35.5 Å². The Morgan fingerprint density at radius 1 is 1.24 bits per heavy atom. The molecule has 41 heavy (non-hydrogen) atoms. The molecule has 0 unspecified atom stereocenters. The minimum absolute atomic E-state index is 0.00622. The number of esters is 2. The van der Waals surface area contributed by atoms with Crippen molar-refractivity contribution in [3.8, 4) is 0 Å². The van der Waals surface area contributed by atoms with Gasteiger partial charge in [0.1, 0.15) is 16.3 Å². The van der Waals surface area contributed by atoms with Gasteiger partial charge in [-0.1, -0.05) is 31.7 Å². The molecule has 1 aliphatic heterocycles. The van der Waals surface area contributed by atoms with Crippen molar-refractivity contribution >= 4 is 45.9 Å². The van der Waals surface area contributed by atoms with E-state index < -0.39 is 80.2 Å². The number of aliphatic hydroxyl groups excluding tert-OH is 1. The van der Waals surface area contributed by atoms with Crippen molar-refractivity contribution < 1.29 is 42.5 Å². The number of carbonyl (C=O) groups is 4. The number of ether oxygens (including phenoxy) is 2. The Morgan fingerprint density at radius 3 is 2.66 bits per heavy atom. The van der Waals surface area contributed by atoms with E-state index in [4.69, 9.17) is 9.47 Å². The number of ketones is 1. The summed E-state index contributed by atoms with van der Waals surface area (Å²) in [7, 11) is 0. The summed E-state index contributed by atoms with van der Waals surface area (Å²) < 4.78 is 44.7. The smallest absolute Gasteiger partial charge is 0.351 e. The van der Waals surface area contributed by atoms with Crippen molar-refractivity contribution in [3.63, 3.8) is 0 Å². The summed E-state index contributed by atoms with van der Waals surface area (Å²) >= 11 is 1.79. The molecule has 3 saturated carbocycles. The zero-order valence-electron chi connectivity index (χ0n) is 22.8. The van der Waals surface area contributed by atoms with Crippen molar-refractivity contribution in [1.82, 2.24) is 4.98 Å². The number of thiazole rings is 1. The number of aromatic nitrogens is 1. The number of fused-ring (bicyclic) bond motifs is 5. The van der Waals surface area contributed by atoms with E-state index in [1.165, 1.54) is 30.8 Å². The first-order chi connectivity index (χ1) is 19.3. The van der Waals surface area contributed by atoms with Crippen LogP contribution >= 0.6 is 23.1 Å². The molecule has 220 valence electrons. The molecule has 6 rings (SSSR count). The second-order valence-electron chi connectivity index (χ2n) is 12.3. The Morgan fingerprint density at radius 2 is 2.00 bits per heavy atom. The second-order valence-corrected chi connectivity index (χ2v) is 14.4. The fraction of sp³-hybridized carbons (Fsp3) is 0.621. The van der Waals surface area contributed by atoms with Crippen LogP contribution in [-0.4, -0.2) is 68.3 Å². The summed E-state index contributed by atoms with van der Waals surface area (Å²) in [5.74, 6) is -4.12. The Balaban J connectivity index is 1.46. The van der Waals surface area contributed by atoms with Gasteiger partial charge in [0, 0.05) is 29.1 Å². The number of nitrogens with zero attached hydrogens (tertiary/aromatic N) is 1. The van der Waals surface area contributed by atoms with Gasteiger partial charge in [-0.05, 0) is 49.8 Å². The molecule has 10 atom stereocenters. The lowest BCUT2D eigenvalue weighted by Gasteiger charge is -2.63. The average molecular weight is 608 g/mol. The first kappa shape index (κ1) is 28.7. The topological polar surface area (TPSA) is 120 Å². The van der Waals surface area contributed by atoms with Crippen molar-refractivity contribution in [2.24, 2.45) is 28.6 Å². The normalized spacial score (nSPS) is 44.9. The van der Waals surface area contributed by atoms with Gasteiger partial charge in [-0.3, -0.25) is 19.4 Å². The highest BCUT2D eigenvalue weighted by atomic mass is 32.2. The maximum Gasteiger partial charge on any atom is 0.351 e. The predicted octanol–water partition coefficient (Wildman–Crippen LogP) is 4.18. The number of rotatable bonds is 4. The summed E-state index contributed by atoms with van der Waals surface area (Å²) in [6.07, 6.45) is 1.69. The molecule has 1 aromatic heterocycles. The summed E-state index contributed by atoms with van der Waals surface area (Å²) in [5, 5.41) is 10.3. The Bertz CT molecular complexity index is 1380. The molecule has 4 fully saturated rings. The van der Waals surface area contributed by atoms with Crippen molar-refractivity contribution in [3.05, 3.63) is 40.4 Å². The molecule has 0 aromatic carbocycles. The van der Waals surface area contributed by atoms with E-state index in [9.17, 15) is 24.3 Å². The lowest BCUT2D eigenvalue weighted by atomic mass is 9.44. The Hall–Kier alpha value is -2.44. The molecule has 0 radical (unpaired) electrons. The molecule has 0 spiro atoms. The summed E-state index contributed by atoms with van der Waals surface area (Å²) in [4.78, 5) is 56.3. The summed E-state index contributed by atoms with van der Waals surface area (Å²) in [6.45, 7) is 5.12. The van der Waals surface area contributed by atoms with Crippen molar-refractivity contribution in [2.75, 3.05) is 6.61 Å². The van der Waals surface area contributed by atoms with E-state index in [-0.39, 0.29) is 36.3 Å². The third-order valence-electron chi connectivity index (χ3n) is 10.5. The van der Waals surface area contributed by atoms with E-state index in [0.717, 1.165) is 29.2 Å². The molecule has 8 nitrogen and oxygen atoms in total. The molecular formula is C29H31F2NO7S2. The molecule has 12 heteroatoms. The van der Waals surface area contributed by atoms with Gasteiger partial charge in [0.15, 0.2) is 17.1 Å². The minimum Gasteiger partial charge on any atom is -0.465 e. The Kier molecular flexibility index (Phi) is 6.67. The summed E-state index contributed by atoms with van der Waals surface area (Å²) in [6, 6.07) is 0.